The van der Waals surface area contributed by atoms with E-state index in [-0.39, 0.29) is 23.2 Å². The van der Waals surface area contributed by atoms with E-state index in [1.165, 1.54) is 5.56 Å². The summed E-state index contributed by atoms with van der Waals surface area (Å²) in [4.78, 5) is 12.3. The third-order valence-corrected chi connectivity index (χ3v) is 20.2. The lowest BCUT2D eigenvalue weighted by Crippen LogP contribution is -2.28. The molecule has 0 fully saturated rings. The number of rotatable bonds is 8. The molecule has 6 nitrogen and oxygen atoms in total. The number of hydrogen-bond donors (Lipinski definition) is 0. The Balaban J connectivity index is 0.865. The van der Waals surface area contributed by atoms with E-state index in [4.69, 9.17) is 9.97 Å². The molecule has 0 radical (unpaired) electrons. The van der Waals surface area contributed by atoms with Crippen molar-refractivity contribution in [2.45, 2.75) is 37.2 Å². The zero-order valence-corrected chi connectivity index (χ0v) is 52.2. The van der Waals surface area contributed by atoms with Crippen molar-refractivity contribution >= 4 is 93.6 Å². The summed E-state index contributed by atoms with van der Waals surface area (Å²) in [6.07, 6.45) is 4.57. The largest absolute Gasteiger partial charge is 0.417 e. The van der Waals surface area contributed by atoms with Crippen LogP contribution in [0.25, 0.3) is 144 Å². The zero-order chi connectivity index (χ0) is 65.7. The van der Waals surface area contributed by atoms with Crippen LogP contribution >= 0.6 is 0 Å². The Kier molecular flexibility index (Phi) is 12.7. The van der Waals surface area contributed by atoms with E-state index in [0.717, 1.165) is 140 Å². The SMILES string of the molecule is FC(F)(F)c1ccc(C(F)(F)F)c(-c2nc(-c3cc(N4c5cc(-c6ccc7c(c6)c6ccccc6n7-c6ccccc6)ccc5C5C=CC=CC54)cc(-n4c5c(c6ccc(-c7ccc8c(c7)c7ccccc7n8-c7ccccc7)cc64)CCC=C5)c3)c3c(ccc4ccccc43)n2)c1. The third kappa shape index (κ3) is 9.04. The number of alkyl halides is 6. The first kappa shape index (κ1) is 57.4. The van der Waals surface area contributed by atoms with Crippen molar-refractivity contribution in [3.8, 4) is 62.0 Å². The topological polar surface area (TPSA) is 43.8 Å². The van der Waals surface area contributed by atoms with Crippen molar-refractivity contribution in [1.82, 2.24) is 23.7 Å². The number of aromatic nitrogens is 5. The van der Waals surface area contributed by atoms with Gasteiger partial charge in [-0.1, -0.05) is 170 Å². The van der Waals surface area contributed by atoms with Gasteiger partial charge in [-0.15, -0.1) is 0 Å². The molecule has 2 unspecified atom stereocenters. The normalized spacial score (nSPS) is 15.2. The molecule has 2 aliphatic carbocycles. The molecule has 12 heteroatoms. The molecule has 470 valence electrons. The lowest BCUT2D eigenvalue weighted by Gasteiger charge is -2.30. The van der Waals surface area contributed by atoms with Crippen LogP contribution in [0.15, 0.2) is 285 Å². The molecule has 16 aromatic rings. The highest BCUT2D eigenvalue weighted by atomic mass is 19.4. The number of benzene rings is 12. The van der Waals surface area contributed by atoms with Gasteiger partial charge >= 0.3 is 12.4 Å². The molecule has 3 aliphatic rings. The van der Waals surface area contributed by atoms with Crippen molar-refractivity contribution in [2.75, 3.05) is 4.90 Å². The van der Waals surface area contributed by atoms with Gasteiger partial charge < -0.3 is 18.6 Å². The van der Waals surface area contributed by atoms with Gasteiger partial charge in [0.05, 0.1) is 56.0 Å². The third-order valence-electron chi connectivity index (χ3n) is 20.2. The van der Waals surface area contributed by atoms with Gasteiger partial charge in [-0.25, -0.2) is 9.97 Å². The van der Waals surface area contributed by atoms with Crippen LogP contribution in [0.2, 0.25) is 0 Å². The molecule has 5 heterocycles. The predicted molar refractivity (Wildman–Crippen MR) is 385 cm³/mol. The van der Waals surface area contributed by atoms with E-state index in [9.17, 15) is 13.2 Å². The number of anilines is 2. The van der Waals surface area contributed by atoms with Gasteiger partial charge in [0.2, 0.25) is 0 Å². The van der Waals surface area contributed by atoms with Gasteiger partial charge in [-0.2, -0.15) is 26.3 Å². The van der Waals surface area contributed by atoms with Crippen LogP contribution in [0.4, 0.5) is 37.7 Å². The second kappa shape index (κ2) is 21.8. The highest BCUT2D eigenvalue weighted by molar-refractivity contribution is 6.14. The van der Waals surface area contributed by atoms with Crippen molar-refractivity contribution in [3.63, 3.8) is 0 Å². The molecule has 0 spiro atoms. The van der Waals surface area contributed by atoms with Crippen LogP contribution < -0.4 is 4.90 Å². The molecule has 1 aliphatic heterocycles. The lowest BCUT2D eigenvalue weighted by molar-refractivity contribution is -0.141. The fourth-order valence-electron chi connectivity index (χ4n) is 15.9. The van der Waals surface area contributed by atoms with Crippen LogP contribution in [-0.4, -0.2) is 29.7 Å². The first-order valence-electron chi connectivity index (χ1n) is 32.8. The first-order chi connectivity index (χ1) is 47.9. The summed E-state index contributed by atoms with van der Waals surface area (Å²) in [7, 11) is 0. The number of para-hydroxylation sites is 4. The lowest BCUT2D eigenvalue weighted by atomic mass is 9.90. The molecule has 2 atom stereocenters. The number of nitrogens with zero attached hydrogens (tertiary/aromatic N) is 6. The minimum Gasteiger partial charge on any atom is -0.333 e. The maximum Gasteiger partial charge on any atom is 0.417 e. The second-order valence-corrected chi connectivity index (χ2v) is 25.7. The van der Waals surface area contributed by atoms with Crippen molar-refractivity contribution in [2.24, 2.45) is 0 Å². The first-order valence-corrected chi connectivity index (χ1v) is 32.8. The summed E-state index contributed by atoms with van der Waals surface area (Å²) in [5.74, 6) is -0.571. The molecule has 0 saturated carbocycles. The Morgan fingerprint density at radius 1 is 0.408 bits per heavy atom. The molecule has 0 saturated heterocycles. The Bertz CT molecular complexity index is 6130. The number of hydrogen-bond acceptors (Lipinski definition) is 3. The summed E-state index contributed by atoms with van der Waals surface area (Å²) in [6.45, 7) is 0. The zero-order valence-electron chi connectivity index (χ0n) is 52.2. The van der Waals surface area contributed by atoms with Crippen LogP contribution in [0.1, 0.15) is 40.3 Å². The van der Waals surface area contributed by atoms with Crippen molar-refractivity contribution < 1.29 is 26.3 Å². The summed E-state index contributed by atoms with van der Waals surface area (Å²) in [5.41, 5.74) is 15.0. The molecular formula is C86H54F6N6. The van der Waals surface area contributed by atoms with Gasteiger partial charge in [-0.05, 0) is 178 Å². The molecular weight excluding hydrogens is 1230 g/mol. The van der Waals surface area contributed by atoms with Crippen LogP contribution in [0, 0.1) is 0 Å². The number of halogens is 6. The van der Waals surface area contributed by atoms with Gasteiger partial charge in [0.25, 0.3) is 0 Å². The summed E-state index contributed by atoms with van der Waals surface area (Å²) in [5, 5.41) is 7.65. The fraction of sp³-hybridized carbons (Fsp3) is 0.0698. The average Bonchev–Trinajstić information content (AvgIpc) is 1.56. The summed E-state index contributed by atoms with van der Waals surface area (Å²) >= 11 is 0. The average molecular weight is 1290 g/mol. The highest BCUT2D eigenvalue weighted by Crippen LogP contribution is 2.52. The minimum absolute atomic E-state index is 0.0793. The maximum atomic E-state index is 15.4. The maximum absolute atomic E-state index is 15.4. The summed E-state index contributed by atoms with van der Waals surface area (Å²) in [6, 6.07) is 83.3. The molecule has 0 bridgehead atoms. The Morgan fingerprint density at radius 3 is 1.70 bits per heavy atom. The van der Waals surface area contributed by atoms with E-state index >= 15 is 13.2 Å². The van der Waals surface area contributed by atoms with Crippen LogP contribution in [0.3, 0.4) is 0 Å². The quantitative estimate of drug-likeness (QED) is 0.112. The van der Waals surface area contributed by atoms with Gasteiger partial charge in [0.1, 0.15) is 0 Å². The Morgan fingerprint density at radius 2 is 1.01 bits per heavy atom. The van der Waals surface area contributed by atoms with Crippen molar-refractivity contribution in [3.05, 3.63) is 313 Å². The van der Waals surface area contributed by atoms with Gasteiger partial charge in [-0.3, -0.25) is 0 Å². The van der Waals surface area contributed by atoms with E-state index in [2.05, 4.69) is 231 Å². The molecule has 12 aromatic carbocycles. The summed E-state index contributed by atoms with van der Waals surface area (Å²) < 4.78 is 97.3. The molecule has 19 rings (SSSR count). The Hall–Kier alpha value is -12.0. The van der Waals surface area contributed by atoms with Crippen LogP contribution in [0.5, 0.6) is 0 Å². The Labute approximate surface area is 557 Å². The second-order valence-electron chi connectivity index (χ2n) is 25.7. The van der Waals surface area contributed by atoms with Crippen LogP contribution in [-0.2, 0) is 18.8 Å². The predicted octanol–water partition coefficient (Wildman–Crippen LogP) is 23.3. The molecule has 0 N–H and O–H groups in total. The fourth-order valence-corrected chi connectivity index (χ4v) is 15.9. The number of allylic oxidation sites excluding steroid dienone is 3. The monoisotopic (exact) mass is 1280 g/mol. The smallest absolute Gasteiger partial charge is 0.333 e. The van der Waals surface area contributed by atoms with Gasteiger partial charge in [0.15, 0.2) is 5.82 Å². The number of fused-ring (bicyclic) bond motifs is 15. The standard InChI is InChI=1S/C86H54F6N6/c87-85(88,89)57-36-39-72(86(90,91)92)71(49-57)84-93-73-40-33-51-17-7-8-22-62(51)82(73)83(94-84)56-43-60(97-74-27-13-9-23-63(74)67-37-31-54(47-80(67)97)52-34-41-78-69(45-52)65-25-11-15-29-76(65)95(78)58-18-3-1-4-19-58)50-61(44-56)98-75-28-14-10-24-64(75)68-38-32-55(48-81(68)98)53-35-42-79-70(46-53)66-26-12-16-30-77(66)96(79)59-20-5-2-6-21-59/h1-9,11-23,25-50,63,74H,10,24H2. The number of aryl methyl sites for hydroxylation is 1. The van der Waals surface area contributed by atoms with Gasteiger partial charge in [0, 0.05) is 83.5 Å². The van der Waals surface area contributed by atoms with Crippen molar-refractivity contribution in [1.29, 1.82) is 0 Å². The van der Waals surface area contributed by atoms with E-state index in [0.29, 0.717) is 29.1 Å². The highest BCUT2D eigenvalue weighted by Gasteiger charge is 2.40. The van der Waals surface area contributed by atoms with E-state index in [1.807, 2.05) is 54.6 Å². The van der Waals surface area contributed by atoms with E-state index in [1.54, 1.807) is 6.07 Å². The molecule has 0 amide bonds. The minimum atomic E-state index is -5.06. The molecule has 4 aromatic heterocycles. The van der Waals surface area contributed by atoms with E-state index < -0.39 is 34.9 Å². The molecule has 98 heavy (non-hydrogen) atoms.